The highest BCUT2D eigenvalue weighted by Gasteiger charge is 2.25. The van der Waals surface area contributed by atoms with Crippen molar-refractivity contribution in [3.8, 4) is 17.2 Å². The van der Waals surface area contributed by atoms with E-state index < -0.39 is 5.60 Å². The lowest BCUT2D eigenvalue weighted by Gasteiger charge is -2.19. The lowest BCUT2D eigenvalue weighted by molar-refractivity contribution is -0.151. The Bertz CT molecular complexity index is 912. The fourth-order valence-electron chi connectivity index (χ4n) is 3.20. The Hall–Kier alpha value is -2.03. The number of carbonyl (C=O) groups is 1. The fourth-order valence-corrected chi connectivity index (χ4v) is 4.10. The third kappa shape index (κ3) is 4.63. The summed E-state index contributed by atoms with van der Waals surface area (Å²) in [4.78, 5) is 16.8. The molecule has 0 saturated heterocycles. The van der Waals surface area contributed by atoms with E-state index >= 15 is 0 Å². The second kappa shape index (κ2) is 7.92. The molecule has 140 valence electrons. The van der Waals surface area contributed by atoms with Crippen LogP contribution in [-0.4, -0.2) is 22.3 Å². The van der Waals surface area contributed by atoms with E-state index in [1.165, 1.54) is 11.8 Å². The summed E-state index contributed by atoms with van der Waals surface area (Å²) in [6, 6.07) is 9.82. The van der Waals surface area contributed by atoms with Gasteiger partial charge in [0.05, 0.1) is 11.3 Å². The molecule has 0 radical (unpaired) electrons. The van der Waals surface area contributed by atoms with E-state index in [9.17, 15) is 10.1 Å². The molecule has 0 N–H and O–H groups in total. The van der Waals surface area contributed by atoms with Crippen LogP contribution >= 0.6 is 23.4 Å². The van der Waals surface area contributed by atoms with Crippen LogP contribution in [0.4, 0.5) is 0 Å². The first-order valence-electron chi connectivity index (χ1n) is 8.85. The highest BCUT2D eigenvalue weighted by molar-refractivity contribution is 7.99. The van der Waals surface area contributed by atoms with Gasteiger partial charge in [-0.05, 0) is 63.3 Å². The minimum atomic E-state index is -0.532. The Kier molecular flexibility index (Phi) is 5.78. The van der Waals surface area contributed by atoms with Crippen molar-refractivity contribution in [3.63, 3.8) is 0 Å². The fraction of sp³-hybridized carbons (Fsp3) is 0.381. The molecule has 1 aromatic carbocycles. The van der Waals surface area contributed by atoms with E-state index in [1.54, 1.807) is 0 Å². The first-order valence-corrected chi connectivity index (χ1v) is 10.2. The summed E-state index contributed by atoms with van der Waals surface area (Å²) in [6.45, 7) is 5.51. The zero-order valence-corrected chi connectivity index (χ0v) is 17.2. The molecular formula is C21H21ClN2O2S. The molecule has 3 rings (SSSR count). The lowest BCUT2D eigenvalue weighted by atomic mass is 9.95. The molecule has 0 aliphatic heterocycles. The van der Waals surface area contributed by atoms with Crippen molar-refractivity contribution in [2.45, 2.75) is 50.7 Å². The second-order valence-corrected chi connectivity index (χ2v) is 8.84. The maximum atomic E-state index is 12.1. The van der Waals surface area contributed by atoms with Crippen LogP contribution in [0.25, 0.3) is 11.1 Å². The zero-order valence-electron chi connectivity index (χ0n) is 15.6. The molecule has 0 saturated carbocycles. The van der Waals surface area contributed by atoms with Crippen LogP contribution in [0.5, 0.6) is 0 Å². The number of hydrogen-bond donors (Lipinski definition) is 0. The molecule has 27 heavy (non-hydrogen) atoms. The van der Waals surface area contributed by atoms with Crippen LogP contribution in [-0.2, 0) is 22.4 Å². The van der Waals surface area contributed by atoms with E-state index in [0.29, 0.717) is 15.6 Å². The summed E-state index contributed by atoms with van der Waals surface area (Å²) in [5, 5.41) is 11.1. The number of fused-ring (bicyclic) bond motifs is 1. The molecule has 0 atom stereocenters. The summed E-state index contributed by atoms with van der Waals surface area (Å²) in [5.74, 6) is -0.190. The Morgan fingerprint density at radius 2 is 2.00 bits per heavy atom. The highest BCUT2D eigenvalue weighted by Crippen LogP contribution is 2.38. The molecule has 1 aromatic heterocycles. The smallest absolute Gasteiger partial charge is 0.316 e. The molecule has 0 amide bonds. The summed E-state index contributed by atoms with van der Waals surface area (Å²) in [7, 11) is 0. The molecule has 1 aliphatic rings. The summed E-state index contributed by atoms with van der Waals surface area (Å²) in [5.41, 5.74) is 4.02. The monoisotopic (exact) mass is 400 g/mol. The molecule has 1 heterocycles. The SMILES string of the molecule is CC(C)(C)OC(=O)CSc1nc2c(c(-c3ccc(Cl)cc3)c1C#N)CCC2. The molecule has 2 aromatic rings. The van der Waals surface area contributed by atoms with Crippen LogP contribution in [0.2, 0.25) is 5.02 Å². The second-order valence-electron chi connectivity index (χ2n) is 7.44. The Morgan fingerprint density at radius 1 is 1.30 bits per heavy atom. The predicted octanol–water partition coefficient (Wildman–Crippen LogP) is 5.20. The van der Waals surface area contributed by atoms with Gasteiger partial charge in [-0.3, -0.25) is 4.79 Å². The molecule has 4 nitrogen and oxygen atoms in total. The number of thioether (sulfide) groups is 1. The van der Waals surface area contributed by atoms with Gasteiger partial charge in [0.1, 0.15) is 16.7 Å². The summed E-state index contributed by atoms with van der Waals surface area (Å²) >= 11 is 7.29. The molecule has 0 fully saturated rings. The van der Waals surface area contributed by atoms with Gasteiger partial charge in [0, 0.05) is 16.3 Å². The number of pyridine rings is 1. The molecule has 0 bridgehead atoms. The van der Waals surface area contributed by atoms with Crippen molar-refractivity contribution < 1.29 is 9.53 Å². The number of benzene rings is 1. The van der Waals surface area contributed by atoms with Gasteiger partial charge in [-0.1, -0.05) is 35.5 Å². The van der Waals surface area contributed by atoms with Gasteiger partial charge >= 0.3 is 5.97 Å². The van der Waals surface area contributed by atoms with Gasteiger partial charge in [0.2, 0.25) is 0 Å². The Labute approximate surface area is 168 Å². The predicted molar refractivity (Wildman–Crippen MR) is 108 cm³/mol. The highest BCUT2D eigenvalue weighted by atomic mass is 35.5. The van der Waals surface area contributed by atoms with E-state index in [4.69, 9.17) is 21.3 Å². The van der Waals surface area contributed by atoms with Gasteiger partial charge in [-0.2, -0.15) is 5.26 Å². The van der Waals surface area contributed by atoms with Crippen LogP contribution in [0, 0.1) is 11.3 Å². The van der Waals surface area contributed by atoms with Gasteiger partial charge in [0.15, 0.2) is 0 Å². The standard InChI is InChI=1S/C21H21ClN2O2S/c1-21(2,3)26-18(25)12-27-20-16(11-23)19(13-7-9-14(22)10-8-13)15-5-4-6-17(15)24-20/h7-10H,4-6,12H2,1-3H3. The van der Waals surface area contributed by atoms with Gasteiger partial charge in [-0.25, -0.2) is 4.98 Å². The number of esters is 1. The topological polar surface area (TPSA) is 63.0 Å². The van der Waals surface area contributed by atoms with Crippen molar-refractivity contribution in [2.24, 2.45) is 0 Å². The van der Waals surface area contributed by atoms with E-state index in [0.717, 1.165) is 41.6 Å². The molecule has 1 aliphatic carbocycles. The summed E-state index contributed by atoms with van der Waals surface area (Å²) in [6.07, 6.45) is 2.82. The molecule has 0 spiro atoms. The van der Waals surface area contributed by atoms with E-state index in [1.807, 2.05) is 45.0 Å². The number of nitriles is 1. The van der Waals surface area contributed by atoms with Crippen molar-refractivity contribution >= 4 is 29.3 Å². The van der Waals surface area contributed by atoms with Crippen LogP contribution in [0.15, 0.2) is 29.3 Å². The number of halogens is 1. The average molecular weight is 401 g/mol. The van der Waals surface area contributed by atoms with Crippen LogP contribution < -0.4 is 0 Å². The van der Waals surface area contributed by atoms with Gasteiger partial charge in [0.25, 0.3) is 0 Å². The quantitative estimate of drug-likeness (QED) is 0.521. The van der Waals surface area contributed by atoms with E-state index in [2.05, 4.69) is 6.07 Å². The van der Waals surface area contributed by atoms with Gasteiger partial charge in [-0.15, -0.1) is 0 Å². The third-order valence-electron chi connectivity index (χ3n) is 4.18. The number of ether oxygens (including phenoxy) is 1. The van der Waals surface area contributed by atoms with Crippen LogP contribution in [0.3, 0.4) is 0 Å². The van der Waals surface area contributed by atoms with Crippen molar-refractivity contribution in [2.75, 3.05) is 5.75 Å². The van der Waals surface area contributed by atoms with Crippen molar-refractivity contribution in [1.29, 1.82) is 5.26 Å². The molecule has 6 heteroatoms. The third-order valence-corrected chi connectivity index (χ3v) is 5.38. The minimum Gasteiger partial charge on any atom is -0.459 e. The van der Waals surface area contributed by atoms with Crippen molar-refractivity contribution in [1.82, 2.24) is 4.98 Å². The number of hydrogen-bond acceptors (Lipinski definition) is 5. The number of rotatable bonds is 4. The lowest BCUT2D eigenvalue weighted by Crippen LogP contribution is -2.25. The maximum Gasteiger partial charge on any atom is 0.316 e. The molecule has 0 unspecified atom stereocenters. The first-order chi connectivity index (χ1) is 12.8. The normalized spacial score (nSPS) is 13.1. The van der Waals surface area contributed by atoms with Crippen LogP contribution in [0.1, 0.15) is 44.0 Å². The van der Waals surface area contributed by atoms with Crippen molar-refractivity contribution in [3.05, 3.63) is 46.1 Å². The Morgan fingerprint density at radius 3 is 2.63 bits per heavy atom. The Balaban J connectivity index is 1.98. The average Bonchev–Trinajstić information content (AvgIpc) is 3.06. The number of aromatic nitrogens is 1. The zero-order chi connectivity index (χ0) is 19.6. The largest absolute Gasteiger partial charge is 0.459 e. The number of aryl methyl sites for hydroxylation is 1. The minimum absolute atomic E-state index is 0.123. The number of carbonyl (C=O) groups excluding carboxylic acids is 1. The molecular weight excluding hydrogens is 380 g/mol. The van der Waals surface area contributed by atoms with Gasteiger partial charge < -0.3 is 4.74 Å². The first kappa shape index (κ1) is 19.7. The maximum absolute atomic E-state index is 12.1. The number of nitrogens with zero attached hydrogens (tertiary/aromatic N) is 2. The van der Waals surface area contributed by atoms with E-state index in [-0.39, 0.29) is 11.7 Å². The summed E-state index contributed by atoms with van der Waals surface area (Å²) < 4.78 is 5.37.